The van der Waals surface area contributed by atoms with Crippen molar-refractivity contribution in [2.75, 3.05) is 0 Å². The van der Waals surface area contributed by atoms with Gasteiger partial charge in [0.2, 0.25) is 0 Å². The normalized spacial score (nSPS) is 12.6. The highest BCUT2D eigenvalue weighted by molar-refractivity contribution is 5.19. The van der Waals surface area contributed by atoms with E-state index >= 15 is 0 Å². The molecule has 90 valence electrons. The van der Waals surface area contributed by atoms with E-state index in [1.54, 1.807) is 12.4 Å². The van der Waals surface area contributed by atoms with Gasteiger partial charge in [0.25, 0.3) is 0 Å². The van der Waals surface area contributed by atoms with Crippen molar-refractivity contribution < 1.29 is 0 Å². The largest absolute Gasteiger partial charge is 0.270 e. The summed E-state index contributed by atoms with van der Waals surface area (Å²) in [5.41, 5.74) is 4.54. The number of aromatic nitrogens is 4. The SMILES string of the molecule is CCCn1nncc1C(NN)c1ccccn1. The quantitative estimate of drug-likeness (QED) is 0.584. The predicted molar refractivity (Wildman–Crippen MR) is 63.7 cm³/mol. The summed E-state index contributed by atoms with van der Waals surface area (Å²) in [6.07, 6.45) is 4.46. The van der Waals surface area contributed by atoms with Crippen LogP contribution in [-0.2, 0) is 6.54 Å². The van der Waals surface area contributed by atoms with Crippen LogP contribution >= 0.6 is 0 Å². The Morgan fingerprint density at radius 1 is 1.47 bits per heavy atom. The lowest BCUT2D eigenvalue weighted by atomic mass is 10.1. The van der Waals surface area contributed by atoms with Crippen molar-refractivity contribution in [2.24, 2.45) is 5.84 Å². The van der Waals surface area contributed by atoms with Gasteiger partial charge < -0.3 is 0 Å². The van der Waals surface area contributed by atoms with Gasteiger partial charge in [0.05, 0.1) is 17.6 Å². The number of nitrogens with zero attached hydrogens (tertiary/aromatic N) is 4. The summed E-state index contributed by atoms with van der Waals surface area (Å²) in [6, 6.07) is 5.55. The first-order valence-electron chi connectivity index (χ1n) is 5.62. The van der Waals surface area contributed by atoms with Gasteiger partial charge in [-0.3, -0.25) is 10.8 Å². The molecule has 1 atom stereocenters. The number of nitrogens with one attached hydrogen (secondary N) is 1. The summed E-state index contributed by atoms with van der Waals surface area (Å²) in [4.78, 5) is 4.30. The minimum Gasteiger partial charge on any atom is -0.270 e. The number of pyridine rings is 1. The van der Waals surface area contributed by atoms with Crippen molar-refractivity contribution in [1.82, 2.24) is 25.4 Å². The molecule has 3 N–H and O–H groups in total. The molecule has 0 aliphatic rings. The summed E-state index contributed by atoms with van der Waals surface area (Å²) in [5, 5.41) is 7.97. The average molecular weight is 232 g/mol. The van der Waals surface area contributed by atoms with Gasteiger partial charge >= 0.3 is 0 Å². The molecule has 17 heavy (non-hydrogen) atoms. The van der Waals surface area contributed by atoms with Crippen LogP contribution in [-0.4, -0.2) is 20.0 Å². The predicted octanol–water partition coefficient (Wildman–Crippen LogP) is 0.636. The van der Waals surface area contributed by atoms with Gasteiger partial charge in [-0.15, -0.1) is 5.10 Å². The Labute approximate surface area is 99.8 Å². The third-order valence-corrected chi connectivity index (χ3v) is 2.53. The molecule has 2 rings (SSSR count). The number of hydrogen-bond donors (Lipinski definition) is 2. The summed E-state index contributed by atoms with van der Waals surface area (Å²) in [7, 11) is 0. The van der Waals surface area contributed by atoms with E-state index in [-0.39, 0.29) is 6.04 Å². The molecule has 0 saturated carbocycles. The first-order chi connectivity index (χ1) is 8.36. The molecule has 6 heteroatoms. The van der Waals surface area contributed by atoms with Crippen LogP contribution in [0.15, 0.2) is 30.6 Å². The van der Waals surface area contributed by atoms with Crippen molar-refractivity contribution >= 4 is 0 Å². The van der Waals surface area contributed by atoms with Gasteiger partial charge in [-0.1, -0.05) is 18.2 Å². The first kappa shape index (κ1) is 11.7. The second kappa shape index (κ2) is 5.51. The Hall–Kier alpha value is -1.79. The highest BCUT2D eigenvalue weighted by atomic mass is 15.4. The molecule has 0 spiro atoms. The zero-order valence-corrected chi connectivity index (χ0v) is 9.74. The monoisotopic (exact) mass is 232 g/mol. The van der Waals surface area contributed by atoms with Gasteiger partial charge in [0.15, 0.2) is 0 Å². The number of rotatable bonds is 5. The maximum Gasteiger partial charge on any atom is 0.106 e. The van der Waals surface area contributed by atoms with Crippen molar-refractivity contribution in [3.8, 4) is 0 Å². The molecule has 2 heterocycles. The van der Waals surface area contributed by atoms with Crippen LogP contribution in [0.3, 0.4) is 0 Å². The third kappa shape index (κ3) is 2.48. The molecule has 0 fully saturated rings. The van der Waals surface area contributed by atoms with Gasteiger partial charge in [-0.25, -0.2) is 10.1 Å². The second-order valence-corrected chi connectivity index (χ2v) is 3.74. The second-order valence-electron chi connectivity index (χ2n) is 3.74. The molecule has 2 aromatic heterocycles. The van der Waals surface area contributed by atoms with E-state index < -0.39 is 0 Å². The highest BCUT2D eigenvalue weighted by Crippen LogP contribution is 2.18. The van der Waals surface area contributed by atoms with Crippen LogP contribution in [0.4, 0.5) is 0 Å². The molecule has 1 unspecified atom stereocenters. The fourth-order valence-corrected chi connectivity index (χ4v) is 1.74. The number of hydrogen-bond acceptors (Lipinski definition) is 5. The summed E-state index contributed by atoms with van der Waals surface area (Å²) >= 11 is 0. The first-order valence-corrected chi connectivity index (χ1v) is 5.62. The number of nitrogens with two attached hydrogens (primary N) is 1. The number of hydrazine groups is 1. The van der Waals surface area contributed by atoms with Crippen molar-refractivity contribution in [3.05, 3.63) is 42.0 Å². The topological polar surface area (TPSA) is 81.7 Å². The third-order valence-electron chi connectivity index (χ3n) is 2.53. The summed E-state index contributed by atoms with van der Waals surface area (Å²) in [6.45, 7) is 2.91. The minimum atomic E-state index is -0.183. The lowest BCUT2D eigenvalue weighted by Gasteiger charge is -2.15. The fraction of sp³-hybridized carbons (Fsp3) is 0.364. The van der Waals surface area contributed by atoms with Gasteiger partial charge in [0, 0.05) is 12.7 Å². The van der Waals surface area contributed by atoms with Gasteiger partial charge in [0.1, 0.15) is 6.04 Å². The van der Waals surface area contributed by atoms with Crippen LogP contribution in [0.1, 0.15) is 30.8 Å². The van der Waals surface area contributed by atoms with Crippen molar-refractivity contribution in [1.29, 1.82) is 0 Å². The van der Waals surface area contributed by atoms with Crippen LogP contribution in [0, 0.1) is 0 Å². The van der Waals surface area contributed by atoms with E-state index in [2.05, 4.69) is 27.6 Å². The van der Waals surface area contributed by atoms with Crippen molar-refractivity contribution in [2.45, 2.75) is 25.9 Å². The Bertz CT molecular complexity index is 452. The van der Waals surface area contributed by atoms with E-state index in [1.165, 1.54) is 0 Å². The lowest BCUT2D eigenvalue weighted by Crippen LogP contribution is -2.31. The number of aryl methyl sites for hydroxylation is 1. The molecule has 0 aromatic carbocycles. The van der Waals surface area contributed by atoms with Gasteiger partial charge in [-0.05, 0) is 18.6 Å². The molecule has 0 bridgehead atoms. The fourth-order valence-electron chi connectivity index (χ4n) is 1.74. The van der Waals surface area contributed by atoms with Crippen LogP contribution in [0.2, 0.25) is 0 Å². The standard InChI is InChI=1S/C11H16N6/c1-2-7-17-10(8-14-16-17)11(15-12)9-5-3-4-6-13-9/h3-6,8,11,15H,2,7,12H2,1H3. The maximum absolute atomic E-state index is 5.60. The van der Waals surface area contributed by atoms with E-state index in [0.29, 0.717) is 0 Å². The Morgan fingerprint density at radius 2 is 2.35 bits per heavy atom. The smallest absolute Gasteiger partial charge is 0.106 e. The van der Waals surface area contributed by atoms with Crippen LogP contribution in [0.25, 0.3) is 0 Å². The maximum atomic E-state index is 5.60. The van der Waals surface area contributed by atoms with Crippen molar-refractivity contribution in [3.63, 3.8) is 0 Å². The molecule has 0 saturated heterocycles. The zero-order chi connectivity index (χ0) is 12.1. The minimum absolute atomic E-state index is 0.183. The summed E-state index contributed by atoms with van der Waals surface area (Å²) < 4.78 is 1.85. The molecule has 0 aliphatic carbocycles. The molecule has 6 nitrogen and oxygen atoms in total. The van der Waals surface area contributed by atoms with Crippen LogP contribution < -0.4 is 11.3 Å². The highest BCUT2D eigenvalue weighted by Gasteiger charge is 2.18. The molecular formula is C11H16N6. The van der Waals surface area contributed by atoms with E-state index in [4.69, 9.17) is 5.84 Å². The lowest BCUT2D eigenvalue weighted by molar-refractivity contribution is 0.507. The molecule has 0 aliphatic heterocycles. The molecular weight excluding hydrogens is 216 g/mol. The van der Waals surface area contributed by atoms with E-state index in [0.717, 1.165) is 24.4 Å². The van der Waals surface area contributed by atoms with E-state index in [1.807, 2.05) is 22.9 Å². The van der Waals surface area contributed by atoms with E-state index in [9.17, 15) is 0 Å². The van der Waals surface area contributed by atoms with Crippen LogP contribution in [0.5, 0.6) is 0 Å². The Morgan fingerprint density at radius 3 is 3.00 bits per heavy atom. The molecule has 0 amide bonds. The van der Waals surface area contributed by atoms with Gasteiger partial charge in [-0.2, -0.15) is 0 Å². The zero-order valence-electron chi connectivity index (χ0n) is 9.74. The Balaban J connectivity index is 2.32. The summed E-state index contributed by atoms with van der Waals surface area (Å²) in [5.74, 6) is 5.60. The molecule has 2 aromatic rings. The average Bonchev–Trinajstić information content (AvgIpc) is 2.81. The Kier molecular flexibility index (Phi) is 3.79. The molecule has 0 radical (unpaired) electrons.